The van der Waals surface area contributed by atoms with Crippen LogP contribution in [0.3, 0.4) is 0 Å². The van der Waals surface area contributed by atoms with Crippen LogP contribution >= 0.6 is 25.0 Å². The molecule has 9 heteroatoms. The lowest BCUT2D eigenvalue weighted by Gasteiger charge is -2.37. The zero-order valence-corrected chi connectivity index (χ0v) is 18.6. The van der Waals surface area contributed by atoms with Crippen LogP contribution in [0.15, 0.2) is 48.2 Å². The summed E-state index contributed by atoms with van der Waals surface area (Å²) in [5.74, 6) is -1.30. The largest absolute Gasteiger partial charge is 0.476 e. The summed E-state index contributed by atoms with van der Waals surface area (Å²) < 4.78 is 16.1. The molecule has 1 N–H and O–H groups in total. The van der Waals surface area contributed by atoms with Gasteiger partial charge in [0.05, 0.1) is 12.6 Å². The van der Waals surface area contributed by atoms with Crippen LogP contribution in [0.5, 0.6) is 0 Å². The minimum atomic E-state index is -1.07. The number of aromatic carboxylic acids is 1. The topological polar surface area (TPSA) is 75.4 Å². The summed E-state index contributed by atoms with van der Waals surface area (Å²) in [5.41, 5.74) is 1.46. The van der Waals surface area contributed by atoms with Crippen LogP contribution in [-0.4, -0.2) is 49.9 Å². The number of benzene rings is 1. The summed E-state index contributed by atoms with van der Waals surface area (Å²) in [5, 5.41) is 13.1. The lowest BCUT2D eigenvalue weighted by Crippen LogP contribution is -2.42. The van der Waals surface area contributed by atoms with Crippen LogP contribution in [0.4, 0.5) is 4.39 Å². The molecule has 2 heterocycles. The highest BCUT2D eigenvalue weighted by Crippen LogP contribution is 2.39. The fourth-order valence-electron chi connectivity index (χ4n) is 3.92. The van der Waals surface area contributed by atoms with Crippen LogP contribution < -0.4 is 0 Å². The smallest absolute Gasteiger partial charge is 0.356 e. The lowest BCUT2D eigenvalue weighted by atomic mass is 9.93. The SMILES string of the molecule is Cl.O=C(O)c1ccn(C/C=C2/CN(C(C(=O)C3CC3)c3ccccc3F)CCC2S)n1. The molecule has 1 saturated heterocycles. The Hall–Kier alpha value is -2.16. The molecule has 1 saturated carbocycles. The van der Waals surface area contributed by atoms with Gasteiger partial charge in [0.15, 0.2) is 11.5 Å². The summed E-state index contributed by atoms with van der Waals surface area (Å²) in [6.45, 7) is 1.58. The van der Waals surface area contributed by atoms with Crippen molar-refractivity contribution in [3.8, 4) is 0 Å². The molecular formula is C22H25ClFN3O3S. The molecule has 6 nitrogen and oxygen atoms in total. The maximum Gasteiger partial charge on any atom is 0.356 e. The standard InChI is InChI=1S/C22H24FN3O3S.ClH/c23-17-4-2-1-3-16(17)20(21(27)14-5-6-14)25-10-9-19(30)15(13-25)7-11-26-12-8-18(24-26)22(28)29;/h1-4,7-8,12,14,19-20,30H,5-6,9-11,13H2,(H,28,29);1H/b15-7-;. The minimum Gasteiger partial charge on any atom is -0.476 e. The van der Waals surface area contributed by atoms with Crippen molar-refractivity contribution < 1.29 is 19.1 Å². The number of aromatic nitrogens is 2. The highest BCUT2D eigenvalue weighted by Gasteiger charge is 2.40. The molecule has 2 aliphatic rings. The van der Waals surface area contributed by atoms with E-state index in [1.807, 2.05) is 11.0 Å². The van der Waals surface area contributed by atoms with Crippen LogP contribution in [0.1, 0.15) is 41.4 Å². The minimum absolute atomic E-state index is 0. The molecule has 2 atom stereocenters. The molecule has 1 aromatic carbocycles. The third kappa shape index (κ3) is 5.37. The summed E-state index contributed by atoms with van der Waals surface area (Å²) in [6, 6.07) is 7.38. The second-order valence-corrected chi connectivity index (χ2v) is 8.51. The number of carboxylic acids is 1. The number of allylic oxidation sites excluding steroid dienone is 1. The Balaban J connectivity index is 0.00000272. The van der Waals surface area contributed by atoms with Crippen LogP contribution in [0, 0.1) is 11.7 Å². The van der Waals surface area contributed by atoms with Crippen molar-refractivity contribution in [3.05, 3.63) is 65.3 Å². The van der Waals surface area contributed by atoms with Gasteiger partial charge >= 0.3 is 5.97 Å². The van der Waals surface area contributed by atoms with E-state index in [9.17, 15) is 14.0 Å². The number of thiol groups is 1. The van der Waals surface area contributed by atoms with E-state index in [-0.39, 0.29) is 40.9 Å². The van der Waals surface area contributed by atoms with Gasteiger partial charge in [0, 0.05) is 36.0 Å². The second-order valence-electron chi connectivity index (χ2n) is 7.88. The van der Waals surface area contributed by atoms with Crippen molar-refractivity contribution in [2.45, 2.75) is 37.1 Å². The van der Waals surface area contributed by atoms with Crippen molar-refractivity contribution >= 4 is 36.8 Å². The van der Waals surface area contributed by atoms with Gasteiger partial charge in [0.2, 0.25) is 0 Å². The molecule has 0 radical (unpaired) electrons. The molecule has 2 unspecified atom stereocenters. The fraction of sp³-hybridized carbons (Fsp3) is 0.409. The first-order valence-corrected chi connectivity index (χ1v) is 10.6. The summed E-state index contributed by atoms with van der Waals surface area (Å²) in [4.78, 5) is 26.1. The van der Waals surface area contributed by atoms with Crippen LogP contribution in [0.25, 0.3) is 0 Å². The Bertz CT molecular complexity index is 992. The molecule has 0 amide bonds. The number of piperidine rings is 1. The normalized spacial score (nSPS) is 21.5. The predicted octanol–water partition coefficient (Wildman–Crippen LogP) is 3.79. The highest BCUT2D eigenvalue weighted by atomic mass is 35.5. The van der Waals surface area contributed by atoms with Gasteiger partial charge in [-0.15, -0.1) is 12.4 Å². The number of likely N-dealkylation sites (tertiary alicyclic amines) is 1. The first kappa shape index (κ1) is 23.5. The van der Waals surface area contributed by atoms with Gasteiger partial charge in [0.1, 0.15) is 5.82 Å². The molecule has 1 aliphatic carbocycles. The highest BCUT2D eigenvalue weighted by molar-refractivity contribution is 7.81. The van der Waals surface area contributed by atoms with Crippen molar-refractivity contribution in [3.63, 3.8) is 0 Å². The molecule has 1 aliphatic heterocycles. The van der Waals surface area contributed by atoms with E-state index in [0.717, 1.165) is 24.8 Å². The zero-order valence-electron chi connectivity index (χ0n) is 16.9. The Labute approximate surface area is 191 Å². The third-order valence-electron chi connectivity index (χ3n) is 5.72. The number of halogens is 2. The van der Waals surface area contributed by atoms with E-state index in [2.05, 4.69) is 17.7 Å². The molecule has 31 heavy (non-hydrogen) atoms. The van der Waals surface area contributed by atoms with E-state index in [4.69, 9.17) is 5.11 Å². The number of rotatable bonds is 7. The number of ketones is 1. The van der Waals surface area contributed by atoms with Gasteiger partial charge < -0.3 is 5.11 Å². The fourth-order valence-corrected chi connectivity index (χ4v) is 4.22. The molecule has 2 fully saturated rings. The van der Waals surface area contributed by atoms with Gasteiger partial charge in [-0.25, -0.2) is 9.18 Å². The maximum atomic E-state index is 14.6. The Morgan fingerprint density at radius 3 is 2.65 bits per heavy atom. The number of carboxylic acid groups (broad SMARTS) is 1. The lowest BCUT2D eigenvalue weighted by molar-refractivity contribution is -0.126. The van der Waals surface area contributed by atoms with Gasteiger partial charge in [-0.2, -0.15) is 17.7 Å². The summed E-state index contributed by atoms with van der Waals surface area (Å²) in [7, 11) is 0. The first-order chi connectivity index (χ1) is 14.4. The third-order valence-corrected chi connectivity index (χ3v) is 6.31. The quantitative estimate of drug-likeness (QED) is 0.480. The van der Waals surface area contributed by atoms with Crippen LogP contribution in [-0.2, 0) is 11.3 Å². The molecule has 1 aromatic heterocycles. The zero-order chi connectivity index (χ0) is 21.3. The van der Waals surface area contributed by atoms with E-state index in [0.29, 0.717) is 25.2 Å². The number of hydrogen-bond acceptors (Lipinski definition) is 5. The number of Topliss-reactive ketones (excluding diaryl/α,β-unsaturated/α-hetero) is 1. The maximum absolute atomic E-state index is 14.6. The Kier molecular flexibility index (Phi) is 7.56. The molecule has 0 spiro atoms. The van der Waals surface area contributed by atoms with Crippen LogP contribution in [0.2, 0.25) is 0 Å². The summed E-state index contributed by atoms with van der Waals surface area (Å²) >= 11 is 4.68. The van der Waals surface area contributed by atoms with E-state index >= 15 is 0 Å². The first-order valence-electron chi connectivity index (χ1n) is 10.1. The van der Waals surface area contributed by atoms with Gasteiger partial charge in [-0.05, 0) is 37.0 Å². The molecule has 0 bridgehead atoms. The number of nitrogens with zero attached hydrogens (tertiary/aromatic N) is 3. The van der Waals surface area contributed by atoms with Gasteiger partial charge in [-0.1, -0.05) is 24.3 Å². The number of carbonyl (C=O) groups is 2. The molecule has 4 rings (SSSR count). The molecule has 166 valence electrons. The average Bonchev–Trinajstić information content (AvgIpc) is 3.47. The Morgan fingerprint density at radius 2 is 2.00 bits per heavy atom. The van der Waals surface area contributed by atoms with Gasteiger partial charge in [0.25, 0.3) is 0 Å². The summed E-state index contributed by atoms with van der Waals surface area (Å²) in [6.07, 6.45) is 6.09. The average molecular weight is 466 g/mol. The predicted molar refractivity (Wildman–Crippen MR) is 120 cm³/mol. The Morgan fingerprint density at radius 1 is 1.26 bits per heavy atom. The van der Waals surface area contributed by atoms with Crippen molar-refractivity contribution in [2.75, 3.05) is 13.1 Å². The molecule has 2 aromatic rings. The van der Waals surface area contributed by atoms with Gasteiger partial charge in [-0.3, -0.25) is 14.4 Å². The monoisotopic (exact) mass is 465 g/mol. The van der Waals surface area contributed by atoms with Crippen molar-refractivity contribution in [2.24, 2.45) is 5.92 Å². The van der Waals surface area contributed by atoms with Crippen molar-refractivity contribution in [1.29, 1.82) is 0 Å². The van der Waals surface area contributed by atoms with Crippen molar-refractivity contribution in [1.82, 2.24) is 14.7 Å². The molecular weight excluding hydrogens is 441 g/mol. The van der Waals surface area contributed by atoms with E-state index in [1.165, 1.54) is 12.1 Å². The van der Waals surface area contributed by atoms with E-state index < -0.39 is 12.0 Å². The second kappa shape index (κ2) is 9.97. The number of carbonyl (C=O) groups excluding carboxylic acids is 1. The van der Waals surface area contributed by atoms with E-state index in [1.54, 1.807) is 29.1 Å². The number of hydrogen-bond donors (Lipinski definition) is 2.